The van der Waals surface area contributed by atoms with Gasteiger partial charge in [0.1, 0.15) is 5.69 Å². The standard InChI is InChI=1S/C18H21N3O4/c1-3-4-9-19-10-12-20(13-11-19)16-7-5-15(6-8-18(22)25-2)14-17(16)21(23)24/h1,5-8,14H,4,9-13H2,2H3/b8-6+. The topological polar surface area (TPSA) is 75.9 Å². The molecule has 1 aromatic rings. The summed E-state index contributed by atoms with van der Waals surface area (Å²) in [6.07, 6.45) is 8.74. The fourth-order valence-electron chi connectivity index (χ4n) is 2.73. The van der Waals surface area contributed by atoms with Crippen LogP contribution in [-0.4, -0.2) is 55.6 Å². The lowest BCUT2D eigenvalue weighted by Gasteiger charge is -2.35. The van der Waals surface area contributed by atoms with Gasteiger partial charge in [-0.25, -0.2) is 4.79 Å². The van der Waals surface area contributed by atoms with Crippen molar-refractivity contribution in [3.63, 3.8) is 0 Å². The fourth-order valence-corrected chi connectivity index (χ4v) is 2.73. The first-order valence-corrected chi connectivity index (χ1v) is 8.00. The molecule has 0 amide bonds. The van der Waals surface area contributed by atoms with Crippen LogP contribution in [0.15, 0.2) is 24.3 Å². The van der Waals surface area contributed by atoms with Crippen molar-refractivity contribution in [1.29, 1.82) is 0 Å². The Kier molecular flexibility index (Phi) is 6.54. The Bertz CT molecular complexity index is 701. The number of anilines is 1. The Morgan fingerprint density at radius 2 is 2.12 bits per heavy atom. The summed E-state index contributed by atoms with van der Waals surface area (Å²) >= 11 is 0. The summed E-state index contributed by atoms with van der Waals surface area (Å²) in [5.41, 5.74) is 1.20. The smallest absolute Gasteiger partial charge is 0.330 e. The van der Waals surface area contributed by atoms with Crippen LogP contribution in [0.25, 0.3) is 6.08 Å². The van der Waals surface area contributed by atoms with Crippen LogP contribution in [0.1, 0.15) is 12.0 Å². The van der Waals surface area contributed by atoms with Crippen LogP contribution >= 0.6 is 0 Å². The molecule has 0 unspecified atom stereocenters. The van der Waals surface area contributed by atoms with E-state index in [4.69, 9.17) is 6.42 Å². The number of terminal acetylenes is 1. The molecule has 0 atom stereocenters. The molecule has 132 valence electrons. The predicted molar refractivity (Wildman–Crippen MR) is 96.2 cm³/mol. The third-order valence-corrected chi connectivity index (χ3v) is 4.09. The summed E-state index contributed by atoms with van der Waals surface area (Å²) in [5, 5.41) is 11.4. The lowest BCUT2D eigenvalue weighted by atomic mass is 10.1. The van der Waals surface area contributed by atoms with Gasteiger partial charge in [0.05, 0.1) is 12.0 Å². The Morgan fingerprint density at radius 1 is 1.40 bits per heavy atom. The number of carbonyl (C=O) groups excluding carboxylic acids is 1. The molecule has 0 aliphatic carbocycles. The monoisotopic (exact) mass is 343 g/mol. The molecule has 0 radical (unpaired) electrons. The molecule has 0 N–H and O–H groups in total. The van der Waals surface area contributed by atoms with Gasteiger partial charge in [0.2, 0.25) is 0 Å². The zero-order valence-corrected chi connectivity index (χ0v) is 14.2. The lowest BCUT2D eigenvalue weighted by molar-refractivity contribution is -0.384. The van der Waals surface area contributed by atoms with E-state index in [0.29, 0.717) is 30.8 Å². The van der Waals surface area contributed by atoms with Crippen LogP contribution < -0.4 is 4.90 Å². The zero-order valence-electron chi connectivity index (χ0n) is 14.2. The maximum absolute atomic E-state index is 11.4. The summed E-state index contributed by atoms with van der Waals surface area (Å²) in [4.78, 5) is 26.5. The number of esters is 1. The van der Waals surface area contributed by atoms with Gasteiger partial charge in [-0.1, -0.05) is 6.07 Å². The van der Waals surface area contributed by atoms with Gasteiger partial charge in [0.25, 0.3) is 5.69 Å². The number of carbonyl (C=O) groups is 1. The van der Waals surface area contributed by atoms with Crippen molar-refractivity contribution in [3.8, 4) is 12.3 Å². The van der Waals surface area contributed by atoms with Crippen molar-refractivity contribution >= 4 is 23.4 Å². The molecular formula is C18H21N3O4. The van der Waals surface area contributed by atoms with E-state index in [2.05, 4.69) is 15.6 Å². The number of benzene rings is 1. The molecule has 25 heavy (non-hydrogen) atoms. The molecular weight excluding hydrogens is 322 g/mol. The van der Waals surface area contributed by atoms with Gasteiger partial charge in [-0.15, -0.1) is 12.3 Å². The SMILES string of the molecule is C#CCCN1CCN(c2ccc(/C=C/C(=O)OC)cc2[N+](=O)[O-])CC1. The number of piperazine rings is 1. The predicted octanol–water partition coefficient (Wildman–Crippen LogP) is 1.93. The highest BCUT2D eigenvalue weighted by Gasteiger charge is 2.23. The minimum Gasteiger partial charge on any atom is -0.466 e. The van der Waals surface area contributed by atoms with E-state index in [1.807, 2.05) is 4.90 Å². The van der Waals surface area contributed by atoms with Crippen molar-refractivity contribution in [1.82, 2.24) is 4.90 Å². The molecule has 1 aromatic carbocycles. The molecule has 0 spiro atoms. The molecule has 1 aliphatic rings. The van der Waals surface area contributed by atoms with Crippen molar-refractivity contribution in [2.45, 2.75) is 6.42 Å². The summed E-state index contributed by atoms with van der Waals surface area (Å²) in [6.45, 7) is 3.92. The summed E-state index contributed by atoms with van der Waals surface area (Å²) < 4.78 is 4.52. The second-order valence-electron chi connectivity index (χ2n) is 5.64. The van der Waals surface area contributed by atoms with E-state index in [1.165, 1.54) is 25.3 Å². The van der Waals surface area contributed by atoms with Crippen LogP contribution in [0, 0.1) is 22.5 Å². The number of nitrogens with zero attached hydrogens (tertiary/aromatic N) is 3. The van der Waals surface area contributed by atoms with E-state index >= 15 is 0 Å². The highest BCUT2D eigenvalue weighted by atomic mass is 16.6. The zero-order chi connectivity index (χ0) is 18.2. The van der Waals surface area contributed by atoms with Crippen LogP contribution in [0.5, 0.6) is 0 Å². The van der Waals surface area contributed by atoms with E-state index < -0.39 is 10.9 Å². The molecule has 0 saturated carbocycles. The van der Waals surface area contributed by atoms with Crippen molar-refractivity contribution in [2.24, 2.45) is 0 Å². The van der Waals surface area contributed by atoms with Gasteiger partial charge in [-0.05, 0) is 17.7 Å². The number of ether oxygens (including phenoxy) is 1. The number of hydrogen-bond acceptors (Lipinski definition) is 6. The minimum atomic E-state index is -0.505. The molecule has 1 heterocycles. The number of nitro benzene ring substituents is 1. The first-order valence-electron chi connectivity index (χ1n) is 8.00. The fraction of sp³-hybridized carbons (Fsp3) is 0.389. The summed E-state index contributed by atoms with van der Waals surface area (Å²) in [6, 6.07) is 4.96. The average Bonchev–Trinajstić information content (AvgIpc) is 2.64. The molecule has 1 fully saturated rings. The molecule has 7 nitrogen and oxygen atoms in total. The lowest BCUT2D eigenvalue weighted by Crippen LogP contribution is -2.46. The van der Waals surface area contributed by atoms with E-state index in [0.717, 1.165) is 19.6 Å². The summed E-state index contributed by atoms with van der Waals surface area (Å²) in [7, 11) is 1.28. The van der Waals surface area contributed by atoms with Crippen LogP contribution in [-0.2, 0) is 9.53 Å². The minimum absolute atomic E-state index is 0.0316. The Morgan fingerprint density at radius 3 is 2.72 bits per heavy atom. The van der Waals surface area contributed by atoms with E-state index in [1.54, 1.807) is 12.1 Å². The molecule has 1 aliphatic heterocycles. The number of rotatable bonds is 6. The quantitative estimate of drug-likeness (QED) is 0.258. The van der Waals surface area contributed by atoms with Crippen LogP contribution in [0.4, 0.5) is 11.4 Å². The van der Waals surface area contributed by atoms with Crippen LogP contribution in [0.2, 0.25) is 0 Å². The second kappa shape index (κ2) is 8.85. The van der Waals surface area contributed by atoms with Gasteiger partial charge in [0.15, 0.2) is 0 Å². The normalized spacial score (nSPS) is 15.1. The van der Waals surface area contributed by atoms with Gasteiger partial charge in [0, 0.05) is 51.3 Å². The Balaban J connectivity index is 2.13. The van der Waals surface area contributed by atoms with Gasteiger partial charge >= 0.3 is 5.97 Å². The highest BCUT2D eigenvalue weighted by molar-refractivity contribution is 5.87. The highest BCUT2D eigenvalue weighted by Crippen LogP contribution is 2.30. The molecule has 1 saturated heterocycles. The largest absolute Gasteiger partial charge is 0.466 e. The number of hydrogen-bond donors (Lipinski definition) is 0. The maximum atomic E-state index is 11.4. The van der Waals surface area contributed by atoms with Crippen LogP contribution in [0.3, 0.4) is 0 Å². The molecule has 7 heteroatoms. The third-order valence-electron chi connectivity index (χ3n) is 4.09. The Hall–Kier alpha value is -2.85. The van der Waals surface area contributed by atoms with Gasteiger partial charge < -0.3 is 9.64 Å². The maximum Gasteiger partial charge on any atom is 0.330 e. The van der Waals surface area contributed by atoms with Gasteiger partial charge in [-0.3, -0.25) is 15.0 Å². The third kappa shape index (κ3) is 5.06. The number of methoxy groups -OCH3 is 1. The van der Waals surface area contributed by atoms with Gasteiger partial charge in [-0.2, -0.15) is 0 Å². The molecule has 2 rings (SSSR count). The molecule has 0 bridgehead atoms. The molecule has 0 aromatic heterocycles. The Labute approximate surface area is 147 Å². The van der Waals surface area contributed by atoms with Crippen molar-refractivity contribution in [2.75, 3.05) is 44.7 Å². The average molecular weight is 343 g/mol. The first kappa shape index (κ1) is 18.5. The van der Waals surface area contributed by atoms with Crippen molar-refractivity contribution in [3.05, 3.63) is 40.0 Å². The van der Waals surface area contributed by atoms with Crippen molar-refractivity contribution < 1.29 is 14.5 Å². The first-order chi connectivity index (χ1) is 12.0. The number of nitro groups is 1. The summed E-state index contributed by atoms with van der Waals surface area (Å²) in [5.74, 6) is 2.12. The van der Waals surface area contributed by atoms with E-state index in [-0.39, 0.29) is 5.69 Å². The second-order valence-corrected chi connectivity index (χ2v) is 5.64. The van der Waals surface area contributed by atoms with E-state index in [9.17, 15) is 14.9 Å².